The van der Waals surface area contributed by atoms with Crippen LogP contribution in [0.5, 0.6) is 0 Å². The van der Waals surface area contributed by atoms with Crippen LogP contribution in [0.3, 0.4) is 0 Å². The Kier molecular flexibility index (Phi) is 6.52. The number of rotatable bonds is 4. The van der Waals surface area contributed by atoms with Gasteiger partial charge in [0.25, 0.3) is 0 Å². The second-order valence-corrected chi connectivity index (χ2v) is 5.61. The summed E-state index contributed by atoms with van der Waals surface area (Å²) in [6, 6.07) is 13.6. The van der Waals surface area contributed by atoms with Gasteiger partial charge in [-0.2, -0.15) is 10.4 Å². The molecule has 0 saturated heterocycles. The predicted molar refractivity (Wildman–Crippen MR) is 96.6 cm³/mol. The minimum Gasteiger partial charge on any atom is -0.318 e. The Hall–Kier alpha value is -2.88. The minimum atomic E-state index is -0.935. The van der Waals surface area contributed by atoms with Gasteiger partial charge < -0.3 is 5.32 Å². The summed E-state index contributed by atoms with van der Waals surface area (Å²) in [7, 11) is 0. The fraction of sp³-hybridized carbons (Fsp3) is 0.0588. The highest BCUT2D eigenvalue weighted by molar-refractivity contribution is 6.43. The van der Waals surface area contributed by atoms with Crippen molar-refractivity contribution in [1.82, 2.24) is 5.43 Å². The summed E-state index contributed by atoms with van der Waals surface area (Å²) in [4.78, 5) is 23.5. The van der Waals surface area contributed by atoms with Crippen LogP contribution >= 0.6 is 23.2 Å². The Balaban J connectivity index is 1.92. The average molecular weight is 375 g/mol. The van der Waals surface area contributed by atoms with Gasteiger partial charge >= 0.3 is 11.8 Å². The number of hydrogen-bond acceptors (Lipinski definition) is 4. The third kappa shape index (κ3) is 5.31. The Morgan fingerprint density at radius 1 is 1.12 bits per heavy atom. The van der Waals surface area contributed by atoms with Crippen molar-refractivity contribution in [2.24, 2.45) is 5.10 Å². The summed E-state index contributed by atoms with van der Waals surface area (Å²) in [6.45, 7) is 0. The van der Waals surface area contributed by atoms with Gasteiger partial charge in [0.2, 0.25) is 0 Å². The van der Waals surface area contributed by atoms with E-state index in [2.05, 4.69) is 15.8 Å². The Labute approximate surface area is 154 Å². The molecule has 2 aromatic rings. The molecule has 25 heavy (non-hydrogen) atoms. The smallest absolute Gasteiger partial charge is 0.318 e. The molecule has 2 aromatic carbocycles. The standard InChI is InChI=1S/C17H12Cl2N4O2/c18-14-3-1-2-12(15(14)19)10-21-23-17(25)16(24)22-13-6-4-11(5-7-13)8-9-20/h1-7,10H,8H2,(H,22,24)(H,23,25)/b21-10+. The van der Waals surface area contributed by atoms with Crippen molar-refractivity contribution < 1.29 is 9.59 Å². The van der Waals surface area contributed by atoms with Crippen LogP contribution in [0.4, 0.5) is 5.69 Å². The fourth-order valence-corrected chi connectivity index (χ4v) is 2.17. The molecular formula is C17H12Cl2N4O2. The molecule has 0 aromatic heterocycles. The van der Waals surface area contributed by atoms with Gasteiger partial charge in [-0.1, -0.05) is 47.5 Å². The second-order valence-electron chi connectivity index (χ2n) is 4.83. The van der Waals surface area contributed by atoms with Gasteiger partial charge in [0.1, 0.15) is 0 Å². The van der Waals surface area contributed by atoms with Gasteiger partial charge in [0.15, 0.2) is 0 Å². The maximum absolute atomic E-state index is 11.8. The third-order valence-electron chi connectivity index (χ3n) is 3.05. The molecule has 126 valence electrons. The second kappa shape index (κ2) is 8.83. The lowest BCUT2D eigenvalue weighted by Crippen LogP contribution is -2.32. The zero-order valence-corrected chi connectivity index (χ0v) is 14.3. The van der Waals surface area contributed by atoms with Crippen LogP contribution in [0.25, 0.3) is 0 Å². The molecule has 0 fully saturated rings. The lowest BCUT2D eigenvalue weighted by molar-refractivity contribution is -0.136. The van der Waals surface area contributed by atoms with Crippen LogP contribution < -0.4 is 10.7 Å². The van der Waals surface area contributed by atoms with E-state index in [1.54, 1.807) is 42.5 Å². The van der Waals surface area contributed by atoms with E-state index >= 15 is 0 Å². The average Bonchev–Trinajstić information content (AvgIpc) is 2.60. The summed E-state index contributed by atoms with van der Waals surface area (Å²) in [5.74, 6) is -1.81. The van der Waals surface area contributed by atoms with Crippen LogP contribution in [0.2, 0.25) is 10.0 Å². The number of anilines is 1. The Morgan fingerprint density at radius 3 is 2.52 bits per heavy atom. The van der Waals surface area contributed by atoms with Crippen LogP contribution in [0, 0.1) is 11.3 Å². The quantitative estimate of drug-likeness (QED) is 0.488. The van der Waals surface area contributed by atoms with Crippen LogP contribution in [-0.2, 0) is 16.0 Å². The van der Waals surface area contributed by atoms with E-state index < -0.39 is 11.8 Å². The third-order valence-corrected chi connectivity index (χ3v) is 3.89. The summed E-state index contributed by atoms with van der Waals surface area (Å²) in [6.07, 6.45) is 1.56. The highest BCUT2D eigenvalue weighted by Crippen LogP contribution is 2.24. The molecule has 0 aliphatic carbocycles. The van der Waals surface area contributed by atoms with Gasteiger partial charge in [0, 0.05) is 11.3 Å². The predicted octanol–water partition coefficient (Wildman–Crippen LogP) is 3.15. The first-order valence-electron chi connectivity index (χ1n) is 7.05. The molecule has 0 aliphatic heterocycles. The summed E-state index contributed by atoms with van der Waals surface area (Å²) in [5.41, 5.74) is 3.85. The summed E-state index contributed by atoms with van der Waals surface area (Å²) in [5, 5.41) is 15.4. The molecule has 0 aliphatic rings. The lowest BCUT2D eigenvalue weighted by atomic mass is 10.1. The Morgan fingerprint density at radius 2 is 1.84 bits per heavy atom. The topological polar surface area (TPSA) is 94.4 Å². The molecule has 2 rings (SSSR count). The highest BCUT2D eigenvalue weighted by Gasteiger charge is 2.12. The van der Waals surface area contributed by atoms with Gasteiger partial charge in [-0.15, -0.1) is 0 Å². The van der Waals surface area contributed by atoms with Gasteiger partial charge in [-0.3, -0.25) is 9.59 Å². The van der Waals surface area contributed by atoms with Crippen molar-refractivity contribution in [3.8, 4) is 6.07 Å². The number of halogens is 2. The molecule has 0 radical (unpaired) electrons. The molecule has 0 unspecified atom stereocenters. The van der Waals surface area contributed by atoms with Crippen molar-refractivity contribution in [2.45, 2.75) is 6.42 Å². The van der Waals surface area contributed by atoms with Gasteiger partial charge in [-0.05, 0) is 23.8 Å². The minimum absolute atomic E-state index is 0.273. The van der Waals surface area contributed by atoms with E-state index in [9.17, 15) is 9.59 Å². The first kappa shape index (κ1) is 18.5. The number of nitrogens with one attached hydrogen (secondary N) is 2. The molecule has 0 bridgehead atoms. The maximum atomic E-state index is 11.8. The van der Waals surface area contributed by atoms with Crippen LogP contribution in [0.1, 0.15) is 11.1 Å². The van der Waals surface area contributed by atoms with E-state index in [0.29, 0.717) is 21.3 Å². The number of amides is 2. The first-order valence-corrected chi connectivity index (χ1v) is 7.81. The lowest BCUT2D eigenvalue weighted by Gasteiger charge is -2.04. The molecular weight excluding hydrogens is 363 g/mol. The number of hydrazone groups is 1. The molecule has 0 spiro atoms. The zero-order valence-electron chi connectivity index (χ0n) is 12.8. The number of hydrogen-bond donors (Lipinski definition) is 2. The molecule has 6 nitrogen and oxygen atoms in total. The first-order chi connectivity index (χ1) is 12.0. The number of benzene rings is 2. The fourth-order valence-electron chi connectivity index (χ4n) is 1.82. The Bertz CT molecular complexity index is 858. The van der Waals surface area contributed by atoms with Crippen molar-refractivity contribution in [3.63, 3.8) is 0 Å². The molecule has 0 saturated carbocycles. The van der Waals surface area contributed by atoms with E-state index in [4.69, 9.17) is 28.5 Å². The van der Waals surface area contributed by atoms with Gasteiger partial charge in [-0.25, -0.2) is 5.43 Å². The number of carbonyl (C=O) groups excluding carboxylic acids is 2. The van der Waals surface area contributed by atoms with E-state index in [1.165, 1.54) is 6.21 Å². The molecule has 0 atom stereocenters. The normalized spacial score (nSPS) is 10.3. The van der Waals surface area contributed by atoms with Crippen molar-refractivity contribution in [2.75, 3.05) is 5.32 Å². The molecule has 2 N–H and O–H groups in total. The highest BCUT2D eigenvalue weighted by atomic mass is 35.5. The number of carbonyl (C=O) groups is 2. The van der Waals surface area contributed by atoms with Crippen LogP contribution in [0.15, 0.2) is 47.6 Å². The van der Waals surface area contributed by atoms with Crippen LogP contribution in [-0.4, -0.2) is 18.0 Å². The van der Waals surface area contributed by atoms with Crippen molar-refractivity contribution in [3.05, 3.63) is 63.6 Å². The largest absolute Gasteiger partial charge is 0.329 e. The summed E-state index contributed by atoms with van der Waals surface area (Å²) >= 11 is 11.8. The van der Waals surface area contributed by atoms with E-state index in [1.807, 2.05) is 6.07 Å². The van der Waals surface area contributed by atoms with Gasteiger partial charge in [0.05, 0.1) is 28.7 Å². The monoisotopic (exact) mass is 374 g/mol. The van der Waals surface area contributed by atoms with E-state index in [-0.39, 0.29) is 6.42 Å². The molecule has 0 heterocycles. The number of nitriles is 1. The summed E-state index contributed by atoms with van der Waals surface area (Å²) < 4.78 is 0. The SMILES string of the molecule is N#CCc1ccc(NC(=O)C(=O)N/N=C/c2cccc(Cl)c2Cl)cc1. The van der Waals surface area contributed by atoms with Crippen molar-refractivity contribution >= 4 is 46.9 Å². The number of nitrogens with zero attached hydrogens (tertiary/aromatic N) is 2. The van der Waals surface area contributed by atoms with Crippen molar-refractivity contribution in [1.29, 1.82) is 5.26 Å². The molecule has 8 heteroatoms. The molecule has 2 amide bonds. The maximum Gasteiger partial charge on any atom is 0.329 e. The zero-order chi connectivity index (χ0) is 18.2. The van der Waals surface area contributed by atoms with E-state index in [0.717, 1.165) is 5.56 Å².